The lowest BCUT2D eigenvalue weighted by Crippen LogP contribution is -2.12. The van der Waals surface area contributed by atoms with Crippen molar-refractivity contribution in [1.29, 1.82) is 0 Å². The van der Waals surface area contributed by atoms with Gasteiger partial charge < -0.3 is 28.4 Å². The van der Waals surface area contributed by atoms with Crippen LogP contribution in [-0.2, 0) is 11.2 Å². The molecule has 0 radical (unpaired) electrons. The van der Waals surface area contributed by atoms with Crippen molar-refractivity contribution in [2.75, 3.05) is 35.5 Å². The van der Waals surface area contributed by atoms with E-state index in [1.807, 2.05) is 30.3 Å². The highest BCUT2D eigenvalue weighted by Gasteiger charge is 2.26. The molecule has 6 heteroatoms. The van der Waals surface area contributed by atoms with Gasteiger partial charge in [-0.3, -0.25) is 0 Å². The lowest BCUT2D eigenvalue weighted by Gasteiger charge is -2.25. The molecule has 0 spiro atoms. The fraction of sp³-hybridized carbons (Fsp3) is 0.300. The number of ether oxygens (including phenoxy) is 6. The summed E-state index contributed by atoms with van der Waals surface area (Å²) in [6.45, 7) is 0. The quantitative estimate of drug-likeness (QED) is 0.785. The molecule has 2 aromatic carbocycles. The second-order valence-electron chi connectivity index (χ2n) is 5.61. The Morgan fingerprint density at radius 1 is 0.731 bits per heavy atom. The molecule has 0 aliphatic carbocycles. The van der Waals surface area contributed by atoms with Gasteiger partial charge in [0, 0.05) is 29.7 Å². The van der Waals surface area contributed by atoms with Crippen LogP contribution >= 0.6 is 0 Å². The van der Waals surface area contributed by atoms with Crippen molar-refractivity contribution in [3.05, 3.63) is 47.2 Å². The molecule has 0 fully saturated rings. The van der Waals surface area contributed by atoms with Gasteiger partial charge in [0.05, 0.1) is 35.5 Å². The maximum Gasteiger partial charge on any atom is 0.172 e. The topological polar surface area (TPSA) is 55.4 Å². The van der Waals surface area contributed by atoms with Crippen molar-refractivity contribution >= 4 is 5.76 Å². The maximum absolute atomic E-state index is 6.18. The summed E-state index contributed by atoms with van der Waals surface area (Å²) in [6.07, 6.45) is 0.544. The van der Waals surface area contributed by atoms with Gasteiger partial charge in [0.1, 0.15) is 23.0 Å². The molecular weight excluding hydrogens is 336 g/mol. The third-order valence-corrected chi connectivity index (χ3v) is 4.29. The van der Waals surface area contributed by atoms with E-state index in [4.69, 9.17) is 28.4 Å². The molecule has 2 aromatic rings. The summed E-state index contributed by atoms with van der Waals surface area (Å²) in [4.78, 5) is 0. The van der Waals surface area contributed by atoms with Gasteiger partial charge in [0.25, 0.3) is 0 Å². The first kappa shape index (κ1) is 17.8. The van der Waals surface area contributed by atoms with Gasteiger partial charge >= 0.3 is 0 Å². The van der Waals surface area contributed by atoms with Gasteiger partial charge in [0.2, 0.25) is 0 Å². The smallest absolute Gasteiger partial charge is 0.172 e. The van der Waals surface area contributed by atoms with Crippen molar-refractivity contribution in [1.82, 2.24) is 0 Å². The molecule has 0 aromatic heterocycles. The Kier molecular flexibility index (Phi) is 5.11. The highest BCUT2D eigenvalue weighted by Crippen LogP contribution is 2.43. The zero-order valence-corrected chi connectivity index (χ0v) is 15.5. The molecule has 6 nitrogen and oxygen atoms in total. The first-order valence-corrected chi connectivity index (χ1v) is 8.07. The predicted octanol–water partition coefficient (Wildman–Crippen LogP) is 3.67. The third kappa shape index (κ3) is 3.10. The van der Waals surface area contributed by atoms with Gasteiger partial charge in [-0.1, -0.05) is 0 Å². The molecule has 0 saturated heterocycles. The molecule has 0 N–H and O–H groups in total. The van der Waals surface area contributed by atoms with Gasteiger partial charge in [-0.05, 0) is 18.2 Å². The largest absolute Gasteiger partial charge is 0.497 e. The Bertz CT molecular complexity index is 840. The van der Waals surface area contributed by atoms with Crippen LogP contribution in [0.2, 0.25) is 0 Å². The molecule has 1 heterocycles. The van der Waals surface area contributed by atoms with Crippen LogP contribution in [0.4, 0.5) is 0 Å². The average molecular weight is 358 g/mol. The minimum absolute atomic E-state index is 0.544. The number of methoxy groups -OCH3 is 5. The summed E-state index contributed by atoms with van der Waals surface area (Å²) in [5.41, 5.74) is 1.74. The van der Waals surface area contributed by atoms with Crippen LogP contribution in [0.3, 0.4) is 0 Å². The van der Waals surface area contributed by atoms with Crippen molar-refractivity contribution in [2.24, 2.45) is 0 Å². The van der Waals surface area contributed by atoms with Crippen LogP contribution in [0.25, 0.3) is 5.76 Å². The Balaban J connectivity index is 2.08. The summed E-state index contributed by atoms with van der Waals surface area (Å²) in [5.74, 6) is 4.62. The maximum atomic E-state index is 6.18. The first-order chi connectivity index (χ1) is 12.6. The van der Waals surface area contributed by atoms with Crippen molar-refractivity contribution in [3.8, 4) is 28.7 Å². The first-order valence-electron chi connectivity index (χ1n) is 8.07. The van der Waals surface area contributed by atoms with Crippen molar-refractivity contribution < 1.29 is 28.4 Å². The zero-order chi connectivity index (χ0) is 18.7. The molecule has 26 heavy (non-hydrogen) atoms. The summed E-state index contributed by atoms with van der Waals surface area (Å²) in [5, 5.41) is 0. The fourth-order valence-electron chi connectivity index (χ4n) is 2.93. The molecule has 1 aliphatic heterocycles. The number of hydrogen-bond acceptors (Lipinski definition) is 6. The standard InChI is InChI=1S/C20H22O6/c1-21-13-9-16(23-3)14-11-19(25-5)20(26-17(14)10-13)12-6-7-15(22-2)18(8-12)24-4/h6-10H,11H2,1-5H3. The van der Waals surface area contributed by atoms with Crippen molar-refractivity contribution in [2.45, 2.75) is 6.42 Å². The van der Waals surface area contributed by atoms with Crippen LogP contribution in [0.5, 0.6) is 28.7 Å². The minimum atomic E-state index is 0.544. The second-order valence-corrected chi connectivity index (χ2v) is 5.61. The molecule has 1 aliphatic rings. The SMILES string of the molecule is COC1=C(c2ccc(OC)c(OC)c2)Oc2cc(OC)cc(OC)c2C1. The third-order valence-electron chi connectivity index (χ3n) is 4.29. The molecule has 0 saturated carbocycles. The van der Waals surface area contributed by atoms with E-state index in [-0.39, 0.29) is 0 Å². The lowest BCUT2D eigenvalue weighted by molar-refractivity contribution is 0.263. The van der Waals surface area contributed by atoms with Gasteiger partial charge in [-0.2, -0.15) is 0 Å². The summed E-state index contributed by atoms with van der Waals surface area (Å²) in [7, 11) is 8.05. The van der Waals surface area contributed by atoms with Gasteiger partial charge in [-0.25, -0.2) is 0 Å². The van der Waals surface area contributed by atoms with E-state index in [0.29, 0.717) is 46.7 Å². The molecule has 0 unspecified atom stereocenters. The van der Waals surface area contributed by atoms with Crippen LogP contribution in [0.15, 0.2) is 36.1 Å². The lowest BCUT2D eigenvalue weighted by atomic mass is 10.0. The Labute approximate surface area is 152 Å². The van der Waals surface area contributed by atoms with E-state index in [1.54, 1.807) is 35.5 Å². The van der Waals surface area contributed by atoms with E-state index < -0.39 is 0 Å². The minimum Gasteiger partial charge on any atom is -0.497 e. The van der Waals surface area contributed by atoms with Gasteiger partial charge in [-0.15, -0.1) is 0 Å². The van der Waals surface area contributed by atoms with Crippen LogP contribution in [-0.4, -0.2) is 35.5 Å². The van der Waals surface area contributed by atoms with E-state index in [1.165, 1.54) is 0 Å². The summed E-state index contributed by atoms with van der Waals surface area (Å²) >= 11 is 0. The predicted molar refractivity (Wildman–Crippen MR) is 97.4 cm³/mol. The van der Waals surface area contributed by atoms with Crippen LogP contribution in [0, 0.1) is 0 Å². The molecule has 0 atom stereocenters. The van der Waals surface area contributed by atoms with E-state index >= 15 is 0 Å². The Morgan fingerprint density at radius 2 is 1.46 bits per heavy atom. The monoisotopic (exact) mass is 358 g/mol. The molecule has 0 bridgehead atoms. The van der Waals surface area contributed by atoms with Gasteiger partial charge in [0.15, 0.2) is 17.3 Å². The van der Waals surface area contributed by atoms with E-state index in [0.717, 1.165) is 11.1 Å². The Hall–Kier alpha value is -3.02. The van der Waals surface area contributed by atoms with Crippen LogP contribution in [0.1, 0.15) is 11.1 Å². The number of rotatable bonds is 6. The van der Waals surface area contributed by atoms with E-state index in [9.17, 15) is 0 Å². The molecular formula is C20H22O6. The Morgan fingerprint density at radius 3 is 2.08 bits per heavy atom. The molecule has 3 rings (SSSR count). The number of fused-ring (bicyclic) bond motifs is 1. The summed E-state index contributed by atoms with van der Waals surface area (Å²) < 4.78 is 33.3. The van der Waals surface area contributed by atoms with Crippen LogP contribution < -0.4 is 23.7 Å². The second kappa shape index (κ2) is 7.47. The number of allylic oxidation sites excluding steroid dienone is 1. The van der Waals surface area contributed by atoms with E-state index in [2.05, 4.69) is 0 Å². The molecule has 0 amide bonds. The zero-order valence-electron chi connectivity index (χ0n) is 15.5. The fourth-order valence-corrected chi connectivity index (χ4v) is 2.93. The highest BCUT2D eigenvalue weighted by atomic mass is 16.5. The van der Waals surface area contributed by atoms with Crippen molar-refractivity contribution in [3.63, 3.8) is 0 Å². The average Bonchev–Trinajstić information content (AvgIpc) is 2.71. The molecule has 138 valence electrons. The normalized spacial score (nSPS) is 12.8. The summed E-state index contributed by atoms with van der Waals surface area (Å²) in [6, 6.07) is 9.26. The number of hydrogen-bond donors (Lipinski definition) is 0. The highest BCUT2D eigenvalue weighted by molar-refractivity contribution is 5.71. The number of benzene rings is 2.